The van der Waals surface area contributed by atoms with Gasteiger partial charge in [0.25, 0.3) is 0 Å². The van der Waals surface area contributed by atoms with E-state index in [1.807, 2.05) is 11.3 Å². The molecule has 0 aliphatic heterocycles. The molecule has 88 valence electrons. The molecule has 2 heterocycles. The summed E-state index contributed by atoms with van der Waals surface area (Å²) in [6, 6.07) is 4.80. The lowest BCUT2D eigenvalue weighted by Crippen LogP contribution is -2.27. The van der Waals surface area contributed by atoms with E-state index in [4.69, 9.17) is 5.84 Å². The van der Waals surface area contributed by atoms with Gasteiger partial charge in [0.15, 0.2) is 0 Å². The monoisotopic (exact) mass is 254 g/mol. The van der Waals surface area contributed by atoms with Crippen LogP contribution in [0.25, 0.3) is 9.40 Å². The van der Waals surface area contributed by atoms with Gasteiger partial charge in [0.05, 0.1) is 6.04 Å². The van der Waals surface area contributed by atoms with E-state index in [1.165, 1.54) is 33.5 Å². The second-order valence-corrected chi connectivity index (χ2v) is 6.08. The van der Waals surface area contributed by atoms with Crippen LogP contribution >= 0.6 is 22.7 Å². The van der Waals surface area contributed by atoms with Crippen molar-refractivity contribution in [2.45, 2.75) is 38.6 Å². The molecule has 0 bridgehead atoms. The fraction of sp³-hybridized carbons (Fsp3) is 0.500. The van der Waals surface area contributed by atoms with Crippen LogP contribution in [-0.2, 0) is 0 Å². The summed E-state index contributed by atoms with van der Waals surface area (Å²) in [5, 5.41) is 2.15. The molecule has 0 aromatic carbocycles. The molecule has 3 N–H and O–H groups in total. The van der Waals surface area contributed by atoms with Crippen LogP contribution < -0.4 is 11.3 Å². The van der Waals surface area contributed by atoms with Gasteiger partial charge in [0.2, 0.25) is 0 Å². The highest BCUT2D eigenvalue weighted by molar-refractivity contribution is 7.26. The van der Waals surface area contributed by atoms with Gasteiger partial charge in [-0.25, -0.2) is 0 Å². The first-order valence-corrected chi connectivity index (χ1v) is 7.47. The van der Waals surface area contributed by atoms with Crippen molar-refractivity contribution in [3.63, 3.8) is 0 Å². The van der Waals surface area contributed by atoms with E-state index in [2.05, 4.69) is 29.9 Å². The number of nitrogens with one attached hydrogen (secondary N) is 1. The van der Waals surface area contributed by atoms with Crippen molar-refractivity contribution >= 4 is 32.1 Å². The first-order chi connectivity index (χ1) is 7.85. The smallest absolute Gasteiger partial charge is 0.0554 e. The zero-order chi connectivity index (χ0) is 11.4. The molecule has 2 aromatic heterocycles. The van der Waals surface area contributed by atoms with Gasteiger partial charge in [0, 0.05) is 14.3 Å². The van der Waals surface area contributed by atoms with Gasteiger partial charge in [-0.15, -0.1) is 22.7 Å². The van der Waals surface area contributed by atoms with Crippen molar-refractivity contribution in [1.82, 2.24) is 5.43 Å². The number of fused-ring (bicyclic) bond motifs is 1. The van der Waals surface area contributed by atoms with Crippen molar-refractivity contribution < 1.29 is 0 Å². The molecule has 0 saturated carbocycles. The summed E-state index contributed by atoms with van der Waals surface area (Å²) in [4.78, 5) is 1.38. The van der Waals surface area contributed by atoms with Crippen molar-refractivity contribution in [3.05, 3.63) is 22.4 Å². The first kappa shape index (κ1) is 12.0. The van der Waals surface area contributed by atoms with Crippen molar-refractivity contribution in [2.24, 2.45) is 5.84 Å². The molecule has 4 heteroatoms. The van der Waals surface area contributed by atoms with E-state index in [0.29, 0.717) is 6.04 Å². The molecule has 0 amide bonds. The van der Waals surface area contributed by atoms with E-state index in [1.54, 1.807) is 11.3 Å². The maximum absolute atomic E-state index is 5.64. The minimum atomic E-state index is 0.330. The topological polar surface area (TPSA) is 38.0 Å². The molecule has 2 aromatic rings. The predicted molar refractivity (Wildman–Crippen MR) is 73.9 cm³/mol. The third kappa shape index (κ3) is 2.63. The second-order valence-electron chi connectivity index (χ2n) is 4.01. The van der Waals surface area contributed by atoms with Crippen molar-refractivity contribution in [1.29, 1.82) is 0 Å². The molecule has 0 spiro atoms. The lowest BCUT2D eigenvalue weighted by Gasteiger charge is -2.13. The van der Waals surface area contributed by atoms with Gasteiger partial charge in [-0.3, -0.25) is 11.3 Å². The molecule has 1 unspecified atom stereocenters. The summed E-state index contributed by atoms with van der Waals surface area (Å²) in [6.07, 6.45) is 4.93. The van der Waals surface area contributed by atoms with Crippen molar-refractivity contribution in [2.75, 3.05) is 0 Å². The SMILES string of the molecule is CCCCCC(NN)c1cc2sccc2s1. The normalized spacial score (nSPS) is 13.4. The van der Waals surface area contributed by atoms with Crippen LogP contribution in [0.1, 0.15) is 43.5 Å². The standard InChI is InChI=1S/C12H18N2S2/c1-2-3-4-5-9(14-13)11-8-12-10(16-11)6-7-15-12/h6-9,14H,2-5,13H2,1H3. The maximum atomic E-state index is 5.64. The van der Waals surface area contributed by atoms with Gasteiger partial charge in [0.1, 0.15) is 0 Å². The zero-order valence-corrected chi connectivity index (χ0v) is 11.2. The lowest BCUT2D eigenvalue weighted by molar-refractivity contribution is 0.493. The quantitative estimate of drug-likeness (QED) is 0.464. The van der Waals surface area contributed by atoms with Crippen LogP contribution in [0.4, 0.5) is 0 Å². The second kappa shape index (κ2) is 5.77. The first-order valence-electron chi connectivity index (χ1n) is 5.78. The highest BCUT2D eigenvalue weighted by atomic mass is 32.1. The molecule has 2 nitrogen and oxygen atoms in total. The van der Waals surface area contributed by atoms with Crippen LogP contribution in [0, 0.1) is 0 Å². The Hall–Kier alpha value is -0.420. The van der Waals surface area contributed by atoms with E-state index < -0.39 is 0 Å². The minimum Gasteiger partial charge on any atom is -0.271 e. The van der Waals surface area contributed by atoms with Crippen molar-refractivity contribution in [3.8, 4) is 0 Å². The molecular formula is C12H18N2S2. The number of unbranched alkanes of at least 4 members (excludes halogenated alkanes) is 2. The average molecular weight is 254 g/mol. The Balaban J connectivity index is 2.05. The van der Waals surface area contributed by atoms with Crippen LogP contribution in [0.5, 0.6) is 0 Å². The Bertz CT molecular complexity index is 404. The molecule has 0 radical (unpaired) electrons. The Morgan fingerprint density at radius 2 is 2.25 bits per heavy atom. The molecular weight excluding hydrogens is 236 g/mol. The zero-order valence-electron chi connectivity index (χ0n) is 9.53. The highest BCUT2D eigenvalue weighted by Crippen LogP contribution is 2.34. The summed E-state index contributed by atoms with van der Waals surface area (Å²) in [7, 11) is 0. The highest BCUT2D eigenvalue weighted by Gasteiger charge is 2.13. The third-order valence-corrected chi connectivity index (χ3v) is 5.01. The van der Waals surface area contributed by atoms with Crippen LogP contribution in [0.15, 0.2) is 17.5 Å². The number of rotatable bonds is 6. The third-order valence-electron chi connectivity index (χ3n) is 2.80. The lowest BCUT2D eigenvalue weighted by atomic mass is 10.1. The number of hydrogen-bond acceptors (Lipinski definition) is 4. The molecule has 0 aliphatic carbocycles. The van der Waals surface area contributed by atoms with Gasteiger partial charge in [-0.1, -0.05) is 26.2 Å². The summed E-state index contributed by atoms with van der Waals surface area (Å²) >= 11 is 3.67. The maximum Gasteiger partial charge on any atom is 0.0554 e. The Morgan fingerprint density at radius 3 is 2.94 bits per heavy atom. The average Bonchev–Trinajstić information content (AvgIpc) is 2.84. The molecule has 16 heavy (non-hydrogen) atoms. The Labute approximate surface area is 104 Å². The van der Waals surface area contributed by atoms with Crippen LogP contribution in [0.2, 0.25) is 0 Å². The molecule has 0 fully saturated rings. The predicted octanol–water partition coefficient (Wildman–Crippen LogP) is 4.05. The fourth-order valence-electron chi connectivity index (χ4n) is 1.86. The number of thiophene rings is 2. The molecule has 2 rings (SSSR count). The van der Waals surface area contributed by atoms with Gasteiger partial charge < -0.3 is 0 Å². The Morgan fingerprint density at radius 1 is 1.38 bits per heavy atom. The number of hydrogen-bond donors (Lipinski definition) is 2. The molecule has 0 aliphatic rings. The number of hydrazine groups is 1. The van der Waals surface area contributed by atoms with Crippen LogP contribution in [-0.4, -0.2) is 0 Å². The van der Waals surface area contributed by atoms with Crippen LogP contribution in [0.3, 0.4) is 0 Å². The van der Waals surface area contributed by atoms with Gasteiger partial charge >= 0.3 is 0 Å². The van der Waals surface area contributed by atoms with Gasteiger partial charge in [-0.2, -0.15) is 0 Å². The van der Waals surface area contributed by atoms with E-state index in [9.17, 15) is 0 Å². The van der Waals surface area contributed by atoms with E-state index in [0.717, 1.165) is 6.42 Å². The van der Waals surface area contributed by atoms with E-state index >= 15 is 0 Å². The molecule has 0 saturated heterocycles. The largest absolute Gasteiger partial charge is 0.271 e. The summed E-state index contributed by atoms with van der Waals surface area (Å²) < 4.78 is 2.77. The molecule has 1 atom stereocenters. The summed E-state index contributed by atoms with van der Waals surface area (Å²) in [5.74, 6) is 5.64. The minimum absolute atomic E-state index is 0.330. The van der Waals surface area contributed by atoms with Gasteiger partial charge in [-0.05, 0) is 23.9 Å². The summed E-state index contributed by atoms with van der Waals surface area (Å²) in [6.45, 7) is 2.23. The van der Waals surface area contributed by atoms with E-state index in [-0.39, 0.29) is 0 Å². The number of nitrogens with two attached hydrogens (primary N) is 1. The Kier molecular flexibility index (Phi) is 4.35. The fourth-order valence-corrected chi connectivity index (χ4v) is 4.08. The summed E-state index contributed by atoms with van der Waals surface area (Å²) in [5.41, 5.74) is 2.94.